The number of sulfone groups is 1. The SMILES string of the molecule is COc1cc(S(C)(=O)=O)ccc1NCC#Cc1nc2c(NC3CCOCC3)cccn2c1CC(F)(F)F. The summed E-state index contributed by atoms with van der Waals surface area (Å²) in [6, 6.07) is 7.99. The topological polar surface area (TPSA) is 94.0 Å². The van der Waals surface area contributed by atoms with E-state index in [9.17, 15) is 21.6 Å². The maximum Gasteiger partial charge on any atom is 0.394 e. The molecule has 0 bridgehead atoms. The number of rotatable bonds is 7. The van der Waals surface area contributed by atoms with Crippen LogP contribution in [0.25, 0.3) is 5.65 Å². The van der Waals surface area contributed by atoms with Crippen molar-refractivity contribution in [3.8, 4) is 17.6 Å². The molecule has 0 spiro atoms. The van der Waals surface area contributed by atoms with Crippen molar-refractivity contribution < 1.29 is 31.1 Å². The molecule has 2 N–H and O–H groups in total. The molecule has 1 fully saturated rings. The van der Waals surface area contributed by atoms with Gasteiger partial charge in [0, 0.05) is 37.8 Å². The fourth-order valence-electron chi connectivity index (χ4n) is 4.07. The zero-order valence-electron chi connectivity index (χ0n) is 20.4. The third-order valence-electron chi connectivity index (χ3n) is 5.87. The number of imidazole rings is 1. The Hall–Kier alpha value is -3.43. The van der Waals surface area contributed by atoms with E-state index in [1.165, 1.54) is 23.6 Å². The van der Waals surface area contributed by atoms with Crippen molar-refractivity contribution in [3.63, 3.8) is 0 Å². The van der Waals surface area contributed by atoms with Gasteiger partial charge in [0.1, 0.15) is 11.4 Å². The third kappa shape index (κ3) is 6.67. The summed E-state index contributed by atoms with van der Waals surface area (Å²) in [5.41, 5.74) is 1.52. The first-order valence-corrected chi connectivity index (χ1v) is 13.5. The summed E-state index contributed by atoms with van der Waals surface area (Å²) in [5, 5.41) is 6.39. The van der Waals surface area contributed by atoms with E-state index in [-0.39, 0.29) is 28.9 Å². The van der Waals surface area contributed by atoms with Crippen molar-refractivity contribution in [1.82, 2.24) is 9.38 Å². The van der Waals surface area contributed by atoms with E-state index in [0.29, 0.717) is 36.0 Å². The quantitative estimate of drug-likeness (QED) is 0.443. The van der Waals surface area contributed by atoms with E-state index in [4.69, 9.17) is 9.47 Å². The highest BCUT2D eigenvalue weighted by Crippen LogP contribution is 2.29. The van der Waals surface area contributed by atoms with Crippen molar-refractivity contribution >= 4 is 26.9 Å². The number of halogens is 3. The summed E-state index contributed by atoms with van der Waals surface area (Å²) < 4.78 is 75.9. The largest absolute Gasteiger partial charge is 0.495 e. The molecule has 1 saturated heterocycles. The van der Waals surface area contributed by atoms with E-state index in [2.05, 4.69) is 27.5 Å². The zero-order valence-corrected chi connectivity index (χ0v) is 21.2. The molecule has 2 aromatic heterocycles. The van der Waals surface area contributed by atoms with E-state index in [1.807, 2.05) is 0 Å². The molecule has 198 valence electrons. The molecule has 0 radical (unpaired) electrons. The summed E-state index contributed by atoms with van der Waals surface area (Å²) in [6.45, 7) is 1.32. The number of alkyl halides is 3. The highest BCUT2D eigenvalue weighted by atomic mass is 32.2. The molecule has 0 saturated carbocycles. The Kier molecular flexibility index (Phi) is 7.85. The number of nitrogens with zero attached hydrogens (tertiary/aromatic N) is 2. The van der Waals surface area contributed by atoms with Crippen molar-refractivity contribution in [2.45, 2.75) is 36.4 Å². The van der Waals surface area contributed by atoms with E-state index in [0.717, 1.165) is 19.1 Å². The fraction of sp³-hybridized carbons (Fsp3) is 0.400. The van der Waals surface area contributed by atoms with E-state index >= 15 is 0 Å². The van der Waals surface area contributed by atoms with Crippen LogP contribution in [0.2, 0.25) is 0 Å². The first-order valence-electron chi connectivity index (χ1n) is 11.6. The minimum Gasteiger partial charge on any atom is -0.495 e. The van der Waals surface area contributed by atoms with Gasteiger partial charge in [0.25, 0.3) is 0 Å². The van der Waals surface area contributed by atoms with Gasteiger partial charge in [-0.3, -0.25) is 0 Å². The maximum absolute atomic E-state index is 13.4. The van der Waals surface area contributed by atoms with Crippen molar-refractivity contribution in [2.24, 2.45) is 0 Å². The lowest BCUT2D eigenvalue weighted by molar-refractivity contribution is -0.128. The van der Waals surface area contributed by atoms with Crippen LogP contribution in [0.3, 0.4) is 0 Å². The normalized spacial score (nSPS) is 14.7. The number of benzene rings is 1. The van der Waals surface area contributed by atoms with Crippen LogP contribution in [-0.2, 0) is 21.0 Å². The van der Waals surface area contributed by atoms with Crippen LogP contribution in [0.5, 0.6) is 5.75 Å². The second kappa shape index (κ2) is 10.9. The van der Waals surface area contributed by atoms with Gasteiger partial charge in [-0.25, -0.2) is 13.4 Å². The Morgan fingerprint density at radius 2 is 1.97 bits per heavy atom. The lowest BCUT2D eigenvalue weighted by Gasteiger charge is -2.24. The Labute approximate surface area is 213 Å². The summed E-state index contributed by atoms with van der Waals surface area (Å²) in [6.07, 6.45) is -1.38. The summed E-state index contributed by atoms with van der Waals surface area (Å²) >= 11 is 0. The van der Waals surface area contributed by atoms with Crippen molar-refractivity contribution in [1.29, 1.82) is 0 Å². The summed E-state index contributed by atoms with van der Waals surface area (Å²) in [7, 11) is -2.00. The van der Waals surface area contributed by atoms with Gasteiger partial charge < -0.3 is 24.5 Å². The Balaban J connectivity index is 1.60. The van der Waals surface area contributed by atoms with Crippen LogP contribution in [0.1, 0.15) is 24.2 Å². The lowest BCUT2D eigenvalue weighted by Crippen LogP contribution is -2.28. The van der Waals surface area contributed by atoms with Gasteiger partial charge in [-0.2, -0.15) is 13.2 Å². The maximum atomic E-state index is 13.4. The van der Waals surface area contributed by atoms with Crippen LogP contribution < -0.4 is 15.4 Å². The zero-order chi connectivity index (χ0) is 26.6. The fourth-order valence-corrected chi connectivity index (χ4v) is 4.70. The Bertz CT molecular complexity index is 1440. The molecular formula is C25H27F3N4O4S. The van der Waals surface area contributed by atoms with Crippen LogP contribution in [0.15, 0.2) is 41.4 Å². The molecule has 0 atom stereocenters. The Morgan fingerprint density at radius 3 is 2.65 bits per heavy atom. The highest BCUT2D eigenvalue weighted by Gasteiger charge is 2.31. The van der Waals surface area contributed by atoms with Gasteiger partial charge in [-0.05, 0) is 43.0 Å². The summed E-state index contributed by atoms with van der Waals surface area (Å²) in [5.74, 6) is 5.89. The van der Waals surface area contributed by atoms with E-state index in [1.54, 1.807) is 24.4 Å². The molecular weight excluding hydrogens is 509 g/mol. The highest BCUT2D eigenvalue weighted by molar-refractivity contribution is 7.90. The Morgan fingerprint density at radius 1 is 1.22 bits per heavy atom. The first kappa shape index (κ1) is 26.6. The molecule has 8 nitrogen and oxygen atoms in total. The molecule has 1 aromatic carbocycles. The number of fused-ring (bicyclic) bond motifs is 1. The number of nitrogens with one attached hydrogen (secondary N) is 2. The van der Waals surface area contributed by atoms with Crippen LogP contribution in [0, 0.1) is 11.8 Å². The molecule has 0 amide bonds. The standard InChI is InChI=1S/C25H27F3N4O4S/c1-35-23-15-18(37(2,33)34)7-8-20(23)29-11-3-5-19-22(16-25(26,27)28)32-12-4-6-21(24(32)31-19)30-17-9-13-36-14-10-17/h4,6-8,12,15,17,29-30H,9-11,13-14,16H2,1-2H3. The van der Waals surface area contributed by atoms with Gasteiger partial charge in [0.2, 0.25) is 0 Å². The minimum atomic E-state index is -4.44. The number of methoxy groups -OCH3 is 1. The predicted octanol–water partition coefficient (Wildman–Crippen LogP) is 3.91. The van der Waals surface area contributed by atoms with Crippen molar-refractivity contribution in [2.75, 3.05) is 43.8 Å². The van der Waals surface area contributed by atoms with Crippen molar-refractivity contribution in [3.05, 3.63) is 47.9 Å². The third-order valence-corrected chi connectivity index (χ3v) is 6.98. The number of ether oxygens (including phenoxy) is 2. The molecule has 0 aliphatic carbocycles. The van der Waals surface area contributed by atoms with Gasteiger partial charge >= 0.3 is 6.18 Å². The predicted molar refractivity (Wildman–Crippen MR) is 134 cm³/mol. The van der Waals surface area contributed by atoms with E-state index < -0.39 is 22.4 Å². The van der Waals surface area contributed by atoms with Gasteiger partial charge in [-0.1, -0.05) is 5.92 Å². The van der Waals surface area contributed by atoms with Gasteiger partial charge in [-0.15, -0.1) is 0 Å². The van der Waals surface area contributed by atoms with Gasteiger partial charge in [0.05, 0.1) is 42.0 Å². The average molecular weight is 537 g/mol. The van der Waals surface area contributed by atoms with Crippen LogP contribution in [-0.4, -0.2) is 63.1 Å². The number of hydrogen-bond donors (Lipinski definition) is 2. The molecule has 37 heavy (non-hydrogen) atoms. The molecule has 3 aromatic rings. The molecule has 4 rings (SSSR count). The number of aromatic nitrogens is 2. The molecule has 1 aliphatic heterocycles. The molecule has 1 aliphatic rings. The monoisotopic (exact) mass is 536 g/mol. The van der Waals surface area contributed by atoms with Crippen LogP contribution >= 0.6 is 0 Å². The molecule has 0 unspecified atom stereocenters. The molecule has 3 heterocycles. The average Bonchev–Trinajstić information content (AvgIpc) is 3.18. The van der Waals surface area contributed by atoms with Gasteiger partial charge in [0.15, 0.2) is 15.5 Å². The smallest absolute Gasteiger partial charge is 0.394 e. The first-order chi connectivity index (χ1) is 17.5. The minimum absolute atomic E-state index is 0.0410. The van der Waals surface area contributed by atoms with Crippen LogP contribution in [0.4, 0.5) is 24.5 Å². The summed E-state index contributed by atoms with van der Waals surface area (Å²) in [4.78, 5) is 4.56. The second-order valence-corrected chi connectivity index (χ2v) is 10.7. The number of anilines is 2. The molecule has 12 heteroatoms. The lowest BCUT2D eigenvalue weighted by atomic mass is 10.1. The number of pyridine rings is 1. The second-order valence-electron chi connectivity index (χ2n) is 8.64. The number of hydrogen-bond acceptors (Lipinski definition) is 7.